The summed E-state index contributed by atoms with van der Waals surface area (Å²) in [5, 5.41) is 9.83. The van der Waals surface area contributed by atoms with Gasteiger partial charge in [0.2, 0.25) is 5.91 Å². The number of rotatable bonds is 5. The quantitative estimate of drug-likeness (QED) is 0.502. The molecule has 2 aromatic rings. The van der Waals surface area contributed by atoms with E-state index >= 15 is 0 Å². The van der Waals surface area contributed by atoms with Crippen LogP contribution in [-0.2, 0) is 11.0 Å². The molecular weight excluding hydrogens is 539 g/mol. The molecule has 5 aliphatic rings. The molecule has 2 aromatic heterocycles. The molecule has 1 aliphatic carbocycles. The lowest BCUT2D eigenvalue weighted by molar-refractivity contribution is -0.141. The van der Waals surface area contributed by atoms with Crippen LogP contribution in [-0.4, -0.2) is 83.6 Å². The van der Waals surface area contributed by atoms with E-state index in [0.29, 0.717) is 69.2 Å². The first-order valence-corrected chi connectivity index (χ1v) is 14.6. The monoisotopic (exact) mass is 571 g/mol. The van der Waals surface area contributed by atoms with Gasteiger partial charge in [0.1, 0.15) is 17.5 Å². The Labute approximate surface area is 235 Å². The molecule has 5 fully saturated rings. The highest BCUT2D eigenvalue weighted by Gasteiger charge is 2.45. The van der Waals surface area contributed by atoms with Crippen molar-refractivity contribution < 1.29 is 18.0 Å². The van der Waals surface area contributed by atoms with Crippen molar-refractivity contribution in [1.82, 2.24) is 19.8 Å². The minimum absolute atomic E-state index is 0.0857. The zero-order chi connectivity index (χ0) is 28.2. The van der Waals surface area contributed by atoms with E-state index < -0.39 is 17.4 Å². The molecule has 6 heterocycles. The maximum absolute atomic E-state index is 14.2. The zero-order valence-electron chi connectivity index (χ0n) is 22.4. The number of pyridine rings is 1. The number of alkyl halides is 3. The molecule has 4 saturated heterocycles. The molecule has 0 aromatic carbocycles. The number of piperidine rings is 2. The van der Waals surface area contributed by atoms with Crippen molar-refractivity contribution in [2.24, 2.45) is 5.92 Å². The predicted molar refractivity (Wildman–Crippen MR) is 146 cm³/mol. The highest BCUT2D eigenvalue weighted by atomic mass is 32.1. The Morgan fingerprint density at radius 2 is 1.93 bits per heavy atom. The summed E-state index contributed by atoms with van der Waals surface area (Å²) < 4.78 is 42.7. The number of nitrogens with zero attached hydrogens (tertiary/aromatic N) is 7. The van der Waals surface area contributed by atoms with E-state index in [1.165, 1.54) is 11.0 Å². The van der Waals surface area contributed by atoms with Crippen LogP contribution in [0.1, 0.15) is 47.0 Å². The maximum Gasteiger partial charge on any atom is 0.434 e. The second-order valence-corrected chi connectivity index (χ2v) is 12.1. The number of hydrogen-bond acceptors (Lipinski definition) is 8. The number of aryl methyl sites for hydroxylation is 1. The SMILES string of the molecule is C=CC(=O)N1CCN(C2CN(c3cc(N4C[C@H]5CC[C@@H]4C[C@@H]5c4scnc4C)nc(C(F)(F)F)c3C#N)C2)CC1. The molecule has 1 saturated carbocycles. The van der Waals surface area contributed by atoms with Gasteiger partial charge in [-0.05, 0) is 38.2 Å². The fourth-order valence-electron chi connectivity index (χ4n) is 6.93. The highest BCUT2D eigenvalue weighted by Crippen LogP contribution is 2.49. The molecule has 7 rings (SSSR count). The summed E-state index contributed by atoms with van der Waals surface area (Å²) in [6.45, 7) is 9.89. The summed E-state index contributed by atoms with van der Waals surface area (Å²) in [7, 11) is 0. The first-order chi connectivity index (χ1) is 19.2. The van der Waals surface area contributed by atoms with Gasteiger partial charge < -0.3 is 14.7 Å². The van der Waals surface area contributed by atoms with Crippen molar-refractivity contribution in [3.05, 3.63) is 46.1 Å². The number of hydrogen-bond donors (Lipinski definition) is 0. The molecule has 0 unspecified atom stereocenters. The fourth-order valence-corrected chi connectivity index (χ4v) is 7.94. The normalized spacial score (nSPS) is 25.6. The lowest BCUT2D eigenvalue weighted by Crippen LogP contribution is -2.63. The van der Waals surface area contributed by atoms with E-state index in [1.54, 1.807) is 22.3 Å². The van der Waals surface area contributed by atoms with Crippen molar-refractivity contribution in [3.63, 3.8) is 0 Å². The highest BCUT2D eigenvalue weighted by molar-refractivity contribution is 7.09. The molecule has 212 valence electrons. The molecule has 0 spiro atoms. The third-order valence-electron chi connectivity index (χ3n) is 9.14. The van der Waals surface area contributed by atoms with Gasteiger partial charge in [-0.1, -0.05) is 6.58 Å². The van der Waals surface area contributed by atoms with Gasteiger partial charge in [-0.15, -0.1) is 11.3 Å². The summed E-state index contributed by atoms with van der Waals surface area (Å²) in [6.07, 6.45) is -0.580. The fraction of sp³-hybridized carbons (Fsp3) is 0.571. The number of fused-ring (bicyclic) bond motifs is 3. The van der Waals surface area contributed by atoms with Crippen molar-refractivity contribution in [2.45, 2.75) is 50.4 Å². The van der Waals surface area contributed by atoms with Crippen LogP contribution in [0.3, 0.4) is 0 Å². The zero-order valence-corrected chi connectivity index (χ0v) is 23.2. The number of nitriles is 1. The Balaban J connectivity index is 1.23. The van der Waals surface area contributed by atoms with E-state index in [0.717, 1.165) is 25.0 Å². The average Bonchev–Trinajstić information content (AvgIpc) is 3.37. The molecule has 8 nitrogen and oxygen atoms in total. The first-order valence-electron chi connectivity index (χ1n) is 13.8. The lowest BCUT2D eigenvalue weighted by atomic mass is 9.71. The molecule has 3 atom stereocenters. The van der Waals surface area contributed by atoms with Crippen LogP contribution < -0.4 is 9.80 Å². The van der Waals surface area contributed by atoms with Gasteiger partial charge in [0.05, 0.1) is 16.9 Å². The van der Waals surface area contributed by atoms with Gasteiger partial charge in [-0.25, -0.2) is 9.97 Å². The average molecular weight is 572 g/mol. The van der Waals surface area contributed by atoms with Crippen LogP contribution in [0.15, 0.2) is 24.2 Å². The number of aromatic nitrogens is 2. The topological polar surface area (TPSA) is 79.6 Å². The summed E-state index contributed by atoms with van der Waals surface area (Å²) in [5.41, 5.74) is 1.73. The van der Waals surface area contributed by atoms with Crippen molar-refractivity contribution >= 4 is 28.7 Å². The third-order valence-corrected chi connectivity index (χ3v) is 10.2. The minimum atomic E-state index is -4.73. The van der Waals surface area contributed by atoms with Crippen molar-refractivity contribution in [3.8, 4) is 6.07 Å². The van der Waals surface area contributed by atoms with E-state index in [1.807, 2.05) is 28.3 Å². The Morgan fingerprint density at radius 1 is 1.18 bits per heavy atom. The van der Waals surface area contributed by atoms with E-state index in [9.17, 15) is 23.2 Å². The molecule has 4 aliphatic heterocycles. The second kappa shape index (κ2) is 10.3. The van der Waals surface area contributed by atoms with E-state index in [4.69, 9.17) is 0 Å². The molecular formula is C28H32F3N7OS. The first kappa shape index (κ1) is 27.0. The van der Waals surface area contributed by atoms with Crippen molar-refractivity contribution in [1.29, 1.82) is 5.26 Å². The van der Waals surface area contributed by atoms with Crippen LogP contribution in [0, 0.1) is 24.2 Å². The molecule has 40 heavy (non-hydrogen) atoms. The molecule has 1 amide bonds. The Kier molecular flexibility index (Phi) is 6.99. The van der Waals surface area contributed by atoms with Gasteiger partial charge in [0.15, 0.2) is 5.69 Å². The second-order valence-electron chi connectivity index (χ2n) is 11.2. The number of amides is 1. The largest absolute Gasteiger partial charge is 0.434 e. The van der Waals surface area contributed by atoms with Crippen LogP contribution in [0.5, 0.6) is 0 Å². The van der Waals surface area contributed by atoms with Crippen LogP contribution in [0.25, 0.3) is 0 Å². The van der Waals surface area contributed by atoms with Crippen LogP contribution in [0.2, 0.25) is 0 Å². The van der Waals surface area contributed by atoms with Gasteiger partial charge in [-0.2, -0.15) is 18.4 Å². The number of halogens is 3. The van der Waals surface area contributed by atoms with E-state index in [-0.39, 0.29) is 18.0 Å². The summed E-state index contributed by atoms with van der Waals surface area (Å²) in [6, 6.07) is 3.79. The number of carbonyl (C=O) groups excluding carboxylic acids is 1. The van der Waals surface area contributed by atoms with E-state index in [2.05, 4.69) is 21.4 Å². The summed E-state index contributed by atoms with van der Waals surface area (Å²) >= 11 is 1.67. The summed E-state index contributed by atoms with van der Waals surface area (Å²) in [4.78, 5) is 29.6. The molecule has 2 bridgehead atoms. The van der Waals surface area contributed by atoms with Gasteiger partial charge in [-0.3, -0.25) is 9.69 Å². The number of anilines is 2. The smallest absolute Gasteiger partial charge is 0.367 e. The van der Waals surface area contributed by atoms with Crippen molar-refractivity contribution in [2.75, 3.05) is 55.6 Å². The maximum atomic E-state index is 14.2. The van der Waals surface area contributed by atoms with Gasteiger partial charge >= 0.3 is 6.18 Å². The standard InChI is InChI=1S/C28H32F3N7OS/c1-3-25(39)36-8-6-35(7-9-36)20-14-37(15-20)23-11-24(34-27(22(23)12-32)28(29,30)31)38-13-18-4-5-19(38)10-21(18)26-17(2)33-16-40-26/h3,11,16,18-21H,1,4-10,13-15H2,2H3/t18-,19-,21+/m1/s1. The number of thiazole rings is 1. The van der Waals surface area contributed by atoms with Crippen LogP contribution >= 0.6 is 11.3 Å². The lowest BCUT2D eigenvalue weighted by Gasteiger charge is -2.51. The Bertz CT molecular complexity index is 1340. The molecule has 0 radical (unpaired) electrons. The van der Waals surface area contributed by atoms with Gasteiger partial charge in [0, 0.05) is 74.8 Å². The third kappa shape index (κ3) is 4.73. The van der Waals surface area contributed by atoms with Gasteiger partial charge in [0.25, 0.3) is 0 Å². The predicted octanol–water partition coefficient (Wildman–Crippen LogP) is 4.03. The number of piperazine rings is 1. The Morgan fingerprint density at radius 3 is 2.50 bits per heavy atom. The Hall–Kier alpha value is -3.17. The minimum Gasteiger partial charge on any atom is -0.367 e. The van der Waals surface area contributed by atoms with Crippen LogP contribution in [0.4, 0.5) is 24.7 Å². The molecule has 12 heteroatoms. The summed E-state index contributed by atoms with van der Waals surface area (Å²) in [5.74, 6) is 0.938. The number of carbonyl (C=O) groups is 1. The molecule has 0 N–H and O–H groups in total.